The lowest BCUT2D eigenvalue weighted by Crippen LogP contribution is -2.09. The van der Waals surface area contributed by atoms with Crippen LogP contribution in [0.4, 0.5) is 0 Å². The summed E-state index contributed by atoms with van der Waals surface area (Å²) in [5, 5.41) is 0. The van der Waals surface area contributed by atoms with Gasteiger partial charge < -0.3 is 9.47 Å². The fourth-order valence-electron chi connectivity index (χ4n) is 1.49. The number of ether oxygens (including phenoxy) is 2. The Balaban J connectivity index is 2.67. The van der Waals surface area contributed by atoms with Gasteiger partial charge in [-0.25, -0.2) is 0 Å². The van der Waals surface area contributed by atoms with Gasteiger partial charge in [0.15, 0.2) is 0 Å². The van der Waals surface area contributed by atoms with E-state index in [1.54, 1.807) is 0 Å². The second kappa shape index (κ2) is 5.54. The number of hydrogen-bond donors (Lipinski definition) is 0. The van der Waals surface area contributed by atoms with Gasteiger partial charge >= 0.3 is 5.97 Å². The van der Waals surface area contributed by atoms with Crippen molar-refractivity contribution >= 4 is 5.97 Å². The third-order valence-corrected chi connectivity index (χ3v) is 2.65. The number of benzene rings is 1. The van der Waals surface area contributed by atoms with E-state index in [9.17, 15) is 4.79 Å². The molecule has 0 unspecified atom stereocenters. The first-order valence-corrected chi connectivity index (χ1v) is 5.32. The van der Waals surface area contributed by atoms with E-state index < -0.39 is 0 Å². The van der Waals surface area contributed by atoms with Crippen LogP contribution in [0.15, 0.2) is 12.1 Å². The van der Waals surface area contributed by atoms with Gasteiger partial charge in [-0.05, 0) is 37.5 Å². The van der Waals surface area contributed by atoms with E-state index >= 15 is 0 Å². The molecule has 16 heavy (non-hydrogen) atoms. The van der Waals surface area contributed by atoms with Crippen LogP contribution < -0.4 is 4.74 Å². The van der Waals surface area contributed by atoms with Gasteiger partial charge in [0.1, 0.15) is 5.75 Å². The van der Waals surface area contributed by atoms with Gasteiger partial charge in [0.05, 0.1) is 20.1 Å². The molecular weight excluding hydrogens is 204 g/mol. The van der Waals surface area contributed by atoms with Crippen LogP contribution in [-0.2, 0) is 9.53 Å². The monoisotopic (exact) mass is 222 g/mol. The molecule has 0 aliphatic rings. The van der Waals surface area contributed by atoms with Crippen molar-refractivity contribution in [3.8, 4) is 5.75 Å². The summed E-state index contributed by atoms with van der Waals surface area (Å²) in [6.07, 6.45) is 0.281. The smallest absolute Gasteiger partial charge is 0.308 e. The van der Waals surface area contributed by atoms with Crippen molar-refractivity contribution in [1.29, 1.82) is 0 Å². The molecule has 3 heteroatoms. The normalized spacial score (nSPS) is 10.0. The summed E-state index contributed by atoms with van der Waals surface area (Å²) in [6.45, 7) is 6.43. The third kappa shape index (κ3) is 2.99. The summed E-state index contributed by atoms with van der Waals surface area (Å²) in [5.74, 6) is 0.631. The number of carbonyl (C=O) groups excluding carboxylic acids is 1. The van der Waals surface area contributed by atoms with Gasteiger partial charge in [-0.1, -0.05) is 12.1 Å². The largest absolute Gasteiger partial charge is 0.492 e. The molecule has 0 saturated heterocycles. The van der Waals surface area contributed by atoms with E-state index in [0.29, 0.717) is 6.61 Å². The first kappa shape index (κ1) is 12.6. The van der Waals surface area contributed by atoms with Crippen molar-refractivity contribution in [1.82, 2.24) is 0 Å². The highest BCUT2D eigenvalue weighted by Gasteiger charge is 2.07. The van der Waals surface area contributed by atoms with E-state index in [1.807, 2.05) is 26.8 Å². The van der Waals surface area contributed by atoms with Crippen LogP contribution in [0.1, 0.15) is 23.1 Å². The summed E-state index contributed by atoms with van der Waals surface area (Å²) in [4.78, 5) is 10.9. The van der Waals surface area contributed by atoms with Gasteiger partial charge in [0.2, 0.25) is 0 Å². The number of carbonyl (C=O) groups is 1. The lowest BCUT2D eigenvalue weighted by Gasteiger charge is -2.13. The van der Waals surface area contributed by atoms with Crippen LogP contribution in [0, 0.1) is 20.8 Å². The summed E-state index contributed by atoms with van der Waals surface area (Å²) < 4.78 is 10.2. The topological polar surface area (TPSA) is 35.5 Å². The summed E-state index contributed by atoms with van der Waals surface area (Å²) >= 11 is 0. The zero-order valence-corrected chi connectivity index (χ0v) is 10.3. The van der Waals surface area contributed by atoms with Crippen molar-refractivity contribution in [2.45, 2.75) is 27.2 Å². The Labute approximate surface area is 96.4 Å². The fourth-order valence-corrected chi connectivity index (χ4v) is 1.49. The van der Waals surface area contributed by atoms with Gasteiger partial charge in [-0.3, -0.25) is 4.79 Å². The van der Waals surface area contributed by atoms with Crippen LogP contribution in [0.3, 0.4) is 0 Å². The molecule has 0 aliphatic heterocycles. The quantitative estimate of drug-likeness (QED) is 0.734. The van der Waals surface area contributed by atoms with E-state index in [4.69, 9.17) is 4.74 Å². The minimum Gasteiger partial charge on any atom is -0.492 e. The lowest BCUT2D eigenvalue weighted by atomic mass is 10.1. The molecule has 0 spiro atoms. The Hall–Kier alpha value is -1.51. The molecule has 1 rings (SSSR count). The maximum absolute atomic E-state index is 10.9. The molecule has 3 nitrogen and oxygen atoms in total. The van der Waals surface area contributed by atoms with Crippen LogP contribution in [-0.4, -0.2) is 19.7 Å². The number of rotatable bonds is 4. The molecular formula is C13H18O3. The Bertz CT molecular complexity index is 383. The highest BCUT2D eigenvalue weighted by Crippen LogP contribution is 2.25. The number of aryl methyl sites for hydroxylation is 2. The zero-order valence-electron chi connectivity index (χ0n) is 10.3. The average Bonchev–Trinajstić information content (AvgIpc) is 2.28. The van der Waals surface area contributed by atoms with Gasteiger partial charge in [-0.2, -0.15) is 0 Å². The number of methoxy groups -OCH3 is 1. The minimum absolute atomic E-state index is 0.247. The first-order valence-electron chi connectivity index (χ1n) is 5.32. The Morgan fingerprint density at radius 3 is 2.44 bits per heavy atom. The van der Waals surface area contributed by atoms with E-state index in [1.165, 1.54) is 12.7 Å². The molecule has 0 radical (unpaired) electrons. The maximum Gasteiger partial charge on any atom is 0.308 e. The highest BCUT2D eigenvalue weighted by atomic mass is 16.5. The predicted molar refractivity (Wildman–Crippen MR) is 62.8 cm³/mol. The molecule has 0 heterocycles. The molecule has 0 saturated carbocycles. The summed E-state index contributed by atoms with van der Waals surface area (Å²) in [7, 11) is 1.38. The molecule has 0 aromatic heterocycles. The highest BCUT2D eigenvalue weighted by molar-refractivity contribution is 5.69. The van der Waals surface area contributed by atoms with Crippen LogP contribution in [0.5, 0.6) is 5.75 Å². The van der Waals surface area contributed by atoms with E-state index in [2.05, 4.69) is 10.8 Å². The molecule has 0 atom stereocenters. The molecule has 0 aliphatic carbocycles. The third-order valence-electron chi connectivity index (χ3n) is 2.65. The Morgan fingerprint density at radius 1 is 1.19 bits per heavy atom. The second-order valence-corrected chi connectivity index (χ2v) is 3.83. The predicted octanol–water partition coefficient (Wildman–Crippen LogP) is 2.55. The van der Waals surface area contributed by atoms with E-state index in [-0.39, 0.29) is 12.4 Å². The van der Waals surface area contributed by atoms with Crippen LogP contribution >= 0.6 is 0 Å². The molecule has 0 fully saturated rings. The average molecular weight is 222 g/mol. The van der Waals surface area contributed by atoms with Crippen LogP contribution in [0.25, 0.3) is 0 Å². The summed E-state index contributed by atoms with van der Waals surface area (Å²) in [5.41, 5.74) is 3.41. The standard InChI is InChI=1S/C13H18O3/c1-9-5-6-10(2)13(11(9)3)16-8-7-12(14)15-4/h5-6H,7-8H2,1-4H3. The number of esters is 1. The molecule has 0 bridgehead atoms. The van der Waals surface area contributed by atoms with Crippen molar-refractivity contribution in [2.24, 2.45) is 0 Å². The molecule has 0 N–H and O–H groups in total. The molecule has 0 amide bonds. The van der Waals surface area contributed by atoms with Gasteiger partial charge in [0.25, 0.3) is 0 Å². The van der Waals surface area contributed by atoms with Gasteiger partial charge in [0, 0.05) is 0 Å². The second-order valence-electron chi connectivity index (χ2n) is 3.83. The van der Waals surface area contributed by atoms with Gasteiger partial charge in [-0.15, -0.1) is 0 Å². The number of hydrogen-bond acceptors (Lipinski definition) is 3. The zero-order chi connectivity index (χ0) is 12.1. The maximum atomic E-state index is 10.9. The van der Waals surface area contributed by atoms with Crippen molar-refractivity contribution in [3.63, 3.8) is 0 Å². The lowest BCUT2D eigenvalue weighted by molar-refractivity contribution is -0.141. The van der Waals surface area contributed by atoms with E-state index in [0.717, 1.165) is 16.9 Å². The SMILES string of the molecule is COC(=O)CCOc1c(C)ccc(C)c1C. The first-order chi connectivity index (χ1) is 7.56. The Kier molecular flexibility index (Phi) is 4.35. The van der Waals surface area contributed by atoms with Crippen molar-refractivity contribution in [3.05, 3.63) is 28.8 Å². The molecule has 1 aromatic carbocycles. The van der Waals surface area contributed by atoms with Crippen molar-refractivity contribution in [2.75, 3.05) is 13.7 Å². The van der Waals surface area contributed by atoms with Crippen LogP contribution in [0.2, 0.25) is 0 Å². The van der Waals surface area contributed by atoms with Crippen molar-refractivity contribution < 1.29 is 14.3 Å². The molecule has 88 valence electrons. The Morgan fingerprint density at radius 2 is 1.81 bits per heavy atom. The minimum atomic E-state index is -0.247. The fraction of sp³-hybridized carbons (Fsp3) is 0.462. The summed E-state index contributed by atoms with van der Waals surface area (Å²) in [6, 6.07) is 4.09. The molecule has 1 aromatic rings.